The molecule has 7 heteroatoms. The predicted molar refractivity (Wildman–Crippen MR) is 123 cm³/mol. The third kappa shape index (κ3) is 7.35. The Hall–Kier alpha value is -2.41. The number of carbonyl (C=O) groups excluding carboxylic acids is 2. The third-order valence-electron chi connectivity index (χ3n) is 5.60. The van der Waals surface area contributed by atoms with Gasteiger partial charge in [0.1, 0.15) is 23.1 Å². The number of rotatable bonds is 10. The number of carbonyl (C=O) groups is 2. The standard InChI is InChI=1S/C24H33N3O3S/c1-3-4-5-10-22(28)25-19-8-6-7-9-20(19)27-24(29)21-16-31-23(26-21)15-30-18-13-11-17(2)12-14-18/h11-14,16,19-20H,3-10,15H2,1-2H3,(H,25,28)(H,27,29)/t19-,20+/m0/s1. The lowest BCUT2D eigenvalue weighted by Gasteiger charge is -2.32. The molecule has 1 saturated carbocycles. The monoisotopic (exact) mass is 443 g/mol. The number of aryl methyl sites for hydroxylation is 1. The number of thiazole rings is 1. The first-order chi connectivity index (χ1) is 15.0. The first-order valence-corrected chi connectivity index (χ1v) is 12.2. The Morgan fingerprint density at radius 2 is 1.81 bits per heavy atom. The van der Waals surface area contributed by atoms with Crippen LogP contribution in [0.2, 0.25) is 0 Å². The summed E-state index contributed by atoms with van der Waals surface area (Å²) in [6.45, 7) is 4.49. The number of nitrogens with zero attached hydrogens (tertiary/aromatic N) is 1. The Morgan fingerprint density at radius 3 is 2.52 bits per heavy atom. The Morgan fingerprint density at radius 1 is 1.10 bits per heavy atom. The van der Waals surface area contributed by atoms with Gasteiger partial charge in [-0.1, -0.05) is 50.3 Å². The smallest absolute Gasteiger partial charge is 0.271 e. The average Bonchev–Trinajstić information content (AvgIpc) is 3.24. The van der Waals surface area contributed by atoms with E-state index < -0.39 is 0 Å². The Kier molecular flexibility index (Phi) is 8.88. The molecule has 1 aliphatic carbocycles. The number of ether oxygens (including phenoxy) is 1. The molecule has 1 aromatic heterocycles. The zero-order valence-corrected chi connectivity index (χ0v) is 19.3. The van der Waals surface area contributed by atoms with Crippen molar-refractivity contribution < 1.29 is 14.3 Å². The van der Waals surface area contributed by atoms with Crippen molar-refractivity contribution in [1.82, 2.24) is 15.6 Å². The van der Waals surface area contributed by atoms with Crippen molar-refractivity contribution in [1.29, 1.82) is 0 Å². The summed E-state index contributed by atoms with van der Waals surface area (Å²) < 4.78 is 5.76. The summed E-state index contributed by atoms with van der Waals surface area (Å²) in [5, 5.41) is 8.77. The molecule has 1 aromatic carbocycles. The van der Waals surface area contributed by atoms with Crippen LogP contribution in [0.1, 0.15) is 79.3 Å². The fraction of sp³-hybridized carbons (Fsp3) is 0.542. The van der Waals surface area contributed by atoms with Crippen molar-refractivity contribution in [3.8, 4) is 5.75 Å². The van der Waals surface area contributed by atoms with Gasteiger partial charge in [-0.3, -0.25) is 9.59 Å². The van der Waals surface area contributed by atoms with Gasteiger partial charge in [0.05, 0.1) is 0 Å². The third-order valence-corrected chi connectivity index (χ3v) is 6.43. The zero-order chi connectivity index (χ0) is 22.1. The highest BCUT2D eigenvalue weighted by Crippen LogP contribution is 2.20. The Labute approximate surface area is 188 Å². The zero-order valence-electron chi connectivity index (χ0n) is 18.5. The maximum absolute atomic E-state index is 12.8. The van der Waals surface area contributed by atoms with E-state index >= 15 is 0 Å². The second-order valence-electron chi connectivity index (χ2n) is 8.22. The van der Waals surface area contributed by atoms with Gasteiger partial charge in [-0.2, -0.15) is 0 Å². The molecule has 0 aliphatic heterocycles. The summed E-state index contributed by atoms with van der Waals surface area (Å²) in [6, 6.07) is 7.80. The molecule has 2 atom stereocenters. The van der Waals surface area contributed by atoms with Crippen LogP contribution in [-0.4, -0.2) is 28.9 Å². The van der Waals surface area contributed by atoms with Crippen molar-refractivity contribution in [2.45, 2.75) is 83.9 Å². The van der Waals surface area contributed by atoms with E-state index in [-0.39, 0.29) is 23.9 Å². The molecule has 2 N–H and O–H groups in total. The summed E-state index contributed by atoms with van der Waals surface area (Å²) in [5.74, 6) is 0.685. The SMILES string of the molecule is CCCCCC(=O)N[C@H]1CCCC[C@H]1NC(=O)c1csc(COc2ccc(C)cc2)n1. The average molecular weight is 444 g/mol. The molecule has 31 heavy (non-hydrogen) atoms. The van der Waals surface area contributed by atoms with Gasteiger partial charge >= 0.3 is 0 Å². The molecule has 0 bridgehead atoms. The van der Waals surface area contributed by atoms with Crippen molar-refractivity contribution in [3.05, 3.63) is 45.9 Å². The Balaban J connectivity index is 1.50. The number of aromatic nitrogens is 1. The second-order valence-corrected chi connectivity index (χ2v) is 9.17. The predicted octanol–water partition coefficient (Wildman–Crippen LogP) is 4.77. The van der Waals surface area contributed by atoms with Gasteiger partial charge in [0, 0.05) is 23.9 Å². The minimum absolute atomic E-state index is 0.00481. The lowest BCUT2D eigenvalue weighted by Crippen LogP contribution is -2.53. The summed E-state index contributed by atoms with van der Waals surface area (Å²) in [5.41, 5.74) is 1.59. The molecule has 0 spiro atoms. The van der Waals surface area contributed by atoms with Crippen LogP contribution in [0, 0.1) is 6.92 Å². The minimum atomic E-state index is -0.185. The van der Waals surface area contributed by atoms with Crippen LogP contribution < -0.4 is 15.4 Å². The van der Waals surface area contributed by atoms with E-state index in [9.17, 15) is 9.59 Å². The molecular formula is C24H33N3O3S. The van der Waals surface area contributed by atoms with Crippen molar-refractivity contribution in [2.75, 3.05) is 0 Å². The molecule has 0 unspecified atom stereocenters. The number of benzene rings is 1. The molecule has 6 nitrogen and oxygen atoms in total. The summed E-state index contributed by atoms with van der Waals surface area (Å²) >= 11 is 1.42. The molecule has 1 fully saturated rings. The highest BCUT2D eigenvalue weighted by Gasteiger charge is 2.28. The molecule has 0 saturated heterocycles. The molecule has 168 valence electrons. The minimum Gasteiger partial charge on any atom is -0.486 e. The summed E-state index contributed by atoms with van der Waals surface area (Å²) in [4.78, 5) is 29.4. The second kappa shape index (κ2) is 11.8. The van der Waals surface area contributed by atoms with Gasteiger partial charge < -0.3 is 15.4 Å². The molecule has 1 heterocycles. The van der Waals surface area contributed by atoms with E-state index in [2.05, 4.69) is 22.5 Å². The van der Waals surface area contributed by atoms with Gasteiger partial charge in [-0.25, -0.2) is 4.98 Å². The molecule has 3 rings (SSSR count). The van der Waals surface area contributed by atoms with Crippen LogP contribution in [0.4, 0.5) is 0 Å². The van der Waals surface area contributed by atoms with Crippen molar-refractivity contribution in [2.24, 2.45) is 0 Å². The van der Waals surface area contributed by atoms with Crippen LogP contribution in [0.25, 0.3) is 0 Å². The molecule has 2 aromatic rings. The van der Waals surface area contributed by atoms with Gasteiger partial charge in [0.15, 0.2) is 0 Å². The summed E-state index contributed by atoms with van der Waals surface area (Å²) in [7, 11) is 0. The van der Waals surface area contributed by atoms with E-state index in [0.29, 0.717) is 18.7 Å². The van der Waals surface area contributed by atoms with E-state index in [1.165, 1.54) is 16.9 Å². The van der Waals surface area contributed by atoms with Gasteiger partial charge in [-0.05, 0) is 38.3 Å². The topological polar surface area (TPSA) is 80.3 Å². The highest BCUT2D eigenvalue weighted by atomic mass is 32.1. The van der Waals surface area contributed by atoms with Gasteiger partial charge in [0.25, 0.3) is 5.91 Å². The number of hydrogen-bond donors (Lipinski definition) is 2. The first kappa shape index (κ1) is 23.3. The molecule has 1 aliphatic rings. The van der Waals surface area contributed by atoms with Gasteiger partial charge in [-0.15, -0.1) is 11.3 Å². The first-order valence-electron chi connectivity index (χ1n) is 11.3. The highest BCUT2D eigenvalue weighted by molar-refractivity contribution is 7.09. The number of hydrogen-bond acceptors (Lipinski definition) is 5. The van der Waals surface area contributed by atoms with Crippen LogP contribution in [-0.2, 0) is 11.4 Å². The lowest BCUT2D eigenvalue weighted by molar-refractivity contribution is -0.122. The van der Waals surface area contributed by atoms with E-state index in [1.807, 2.05) is 31.2 Å². The molecular weight excluding hydrogens is 410 g/mol. The van der Waals surface area contributed by atoms with Crippen LogP contribution in [0.15, 0.2) is 29.6 Å². The molecule has 2 amide bonds. The maximum Gasteiger partial charge on any atom is 0.271 e. The fourth-order valence-corrected chi connectivity index (χ4v) is 4.48. The molecule has 0 radical (unpaired) electrons. The van der Waals surface area contributed by atoms with Crippen LogP contribution in [0.5, 0.6) is 5.75 Å². The largest absolute Gasteiger partial charge is 0.486 e. The number of amides is 2. The van der Waals surface area contributed by atoms with Gasteiger partial charge in [0.2, 0.25) is 5.91 Å². The summed E-state index contributed by atoms with van der Waals surface area (Å²) in [6.07, 6.45) is 7.54. The van der Waals surface area contributed by atoms with E-state index in [4.69, 9.17) is 4.74 Å². The Bertz CT molecular complexity index is 850. The van der Waals surface area contributed by atoms with Crippen molar-refractivity contribution in [3.63, 3.8) is 0 Å². The maximum atomic E-state index is 12.8. The van der Waals surface area contributed by atoms with E-state index in [1.54, 1.807) is 5.38 Å². The van der Waals surface area contributed by atoms with Crippen LogP contribution >= 0.6 is 11.3 Å². The normalized spacial score (nSPS) is 18.4. The van der Waals surface area contributed by atoms with Crippen molar-refractivity contribution >= 4 is 23.2 Å². The van der Waals surface area contributed by atoms with Crippen LogP contribution in [0.3, 0.4) is 0 Å². The fourth-order valence-electron chi connectivity index (χ4n) is 3.79. The quantitative estimate of drug-likeness (QED) is 0.519. The lowest BCUT2D eigenvalue weighted by atomic mass is 9.90. The number of unbranched alkanes of at least 4 members (excludes halogenated alkanes) is 2. The number of nitrogens with one attached hydrogen (secondary N) is 2. The van der Waals surface area contributed by atoms with E-state index in [0.717, 1.165) is 55.7 Å².